The van der Waals surface area contributed by atoms with Gasteiger partial charge in [0.05, 0.1) is 6.04 Å². The van der Waals surface area contributed by atoms with Gasteiger partial charge in [-0.15, -0.1) is 12.4 Å². The molecule has 2 amide bonds. The number of piperidine rings is 1. The fourth-order valence-corrected chi connectivity index (χ4v) is 3.89. The van der Waals surface area contributed by atoms with Gasteiger partial charge in [-0.25, -0.2) is 0 Å². The lowest BCUT2D eigenvalue weighted by atomic mass is 9.96. The third-order valence-electron chi connectivity index (χ3n) is 5.57. The molecule has 3 rings (SSSR count). The zero-order valence-electron chi connectivity index (χ0n) is 16.4. The number of nitrogens with one attached hydrogen (secondary N) is 2. The lowest BCUT2D eigenvalue weighted by Crippen LogP contribution is -2.46. The third kappa shape index (κ3) is 5.69. The summed E-state index contributed by atoms with van der Waals surface area (Å²) < 4.78 is 0. The van der Waals surface area contributed by atoms with Crippen LogP contribution in [0.3, 0.4) is 0 Å². The second-order valence-electron chi connectivity index (χ2n) is 7.93. The van der Waals surface area contributed by atoms with Crippen molar-refractivity contribution in [1.29, 1.82) is 0 Å². The number of hydrogen-bond donors (Lipinski definition) is 2. The van der Waals surface area contributed by atoms with Crippen LogP contribution in [0.1, 0.15) is 61.4 Å². The summed E-state index contributed by atoms with van der Waals surface area (Å²) in [7, 11) is 0. The molecule has 1 aromatic rings. The summed E-state index contributed by atoms with van der Waals surface area (Å²) in [5, 5.41) is 6.30. The van der Waals surface area contributed by atoms with Crippen molar-refractivity contribution >= 4 is 24.2 Å². The molecule has 0 radical (unpaired) electrons. The van der Waals surface area contributed by atoms with Crippen LogP contribution in [0, 0.1) is 5.92 Å². The molecule has 6 heteroatoms. The topological polar surface area (TPSA) is 61.4 Å². The van der Waals surface area contributed by atoms with Crippen LogP contribution in [0.25, 0.3) is 0 Å². The first-order valence-corrected chi connectivity index (χ1v) is 9.95. The molecule has 0 bridgehead atoms. The van der Waals surface area contributed by atoms with Gasteiger partial charge in [-0.3, -0.25) is 9.59 Å². The summed E-state index contributed by atoms with van der Waals surface area (Å²) in [4.78, 5) is 26.9. The fraction of sp³-hybridized carbons (Fsp3) is 0.619. The van der Waals surface area contributed by atoms with Crippen LogP contribution < -0.4 is 10.6 Å². The van der Waals surface area contributed by atoms with Crippen LogP contribution in [0.4, 0.5) is 0 Å². The minimum Gasteiger partial charge on any atom is -0.354 e. The van der Waals surface area contributed by atoms with Gasteiger partial charge in [-0.05, 0) is 61.8 Å². The number of carbonyl (C=O) groups excluding carboxylic acids is 2. The van der Waals surface area contributed by atoms with E-state index in [-0.39, 0.29) is 30.3 Å². The van der Waals surface area contributed by atoms with Crippen molar-refractivity contribution in [2.24, 2.45) is 5.92 Å². The Morgan fingerprint density at radius 3 is 2.56 bits per heavy atom. The lowest BCUT2D eigenvalue weighted by molar-refractivity contribution is -0.123. The molecule has 2 heterocycles. The van der Waals surface area contributed by atoms with Crippen LogP contribution in [-0.4, -0.2) is 48.9 Å². The Balaban J connectivity index is 0.00000261. The number of hydrogen-bond acceptors (Lipinski definition) is 3. The van der Waals surface area contributed by atoms with Gasteiger partial charge in [0.2, 0.25) is 5.91 Å². The van der Waals surface area contributed by atoms with Crippen LogP contribution >= 0.6 is 12.4 Å². The molecule has 27 heavy (non-hydrogen) atoms. The Hall–Kier alpha value is -1.59. The average molecular weight is 394 g/mol. The summed E-state index contributed by atoms with van der Waals surface area (Å²) in [6.45, 7) is 7.43. The van der Waals surface area contributed by atoms with Crippen molar-refractivity contribution in [1.82, 2.24) is 15.5 Å². The molecule has 2 N–H and O–H groups in total. The van der Waals surface area contributed by atoms with Crippen molar-refractivity contribution in [2.45, 2.75) is 51.5 Å². The van der Waals surface area contributed by atoms with Gasteiger partial charge >= 0.3 is 0 Å². The third-order valence-corrected chi connectivity index (χ3v) is 5.57. The summed E-state index contributed by atoms with van der Waals surface area (Å²) in [5.41, 5.74) is 2.01. The first-order valence-electron chi connectivity index (χ1n) is 9.95. The van der Waals surface area contributed by atoms with Gasteiger partial charge in [0.1, 0.15) is 0 Å². The van der Waals surface area contributed by atoms with E-state index < -0.39 is 0 Å². The Kier molecular flexibility index (Phi) is 8.11. The molecule has 0 saturated carbocycles. The van der Waals surface area contributed by atoms with E-state index >= 15 is 0 Å². The van der Waals surface area contributed by atoms with E-state index in [2.05, 4.69) is 24.5 Å². The predicted molar refractivity (Wildman–Crippen MR) is 110 cm³/mol. The number of carbonyl (C=O) groups is 2. The minimum absolute atomic E-state index is 0. The maximum atomic E-state index is 12.8. The Morgan fingerprint density at radius 1 is 1.19 bits per heavy atom. The number of amides is 2. The maximum Gasteiger partial charge on any atom is 0.253 e. The van der Waals surface area contributed by atoms with E-state index in [1.54, 1.807) is 0 Å². The molecule has 1 aromatic carbocycles. The zero-order chi connectivity index (χ0) is 18.5. The standard InChI is InChI=1S/C21H31N3O2.ClH/c1-15(2)17-7-9-18(10-8-17)21(26)24-12-4-5-16(14-24)13-23-20(25)19-6-3-11-22-19;/h7-10,15-16,19,22H,3-6,11-14H2,1-2H3,(H,23,25);1H. The van der Waals surface area contributed by atoms with Gasteiger partial charge in [0, 0.05) is 25.2 Å². The molecule has 0 spiro atoms. The average Bonchev–Trinajstić information content (AvgIpc) is 3.21. The molecule has 5 nitrogen and oxygen atoms in total. The highest BCUT2D eigenvalue weighted by atomic mass is 35.5. The number of benzene rings is 1. The smallest absolute Gasteiger partial charge is 0.253 e. The molecule has 2 fully saturated rings. The van der Waals surface area contributed by atoms with E-state index in [0.717, 1.165) is 50.9 Å². The van der Waals surface area contributed by atoms with Crippen molar-refractivity contribution < 1.29 is 9.59 Å². The van der Waals surface area contributed by atoms with Gasteiger partial charge in [0.15, 0.2) is 0 Å². The van der Waals surface area contributed by atoms with Crippen molar-refractivity contribution in [2.75, 3.05) is 26.2 Å². The van der Waals surface area contributed by atoms with Gasteiger partial charge in [-0.1, -0.05) is 26.0 Å². The van der Waals surface area contributed by atoms with E-state index in [0.29, 0.717) is 18.4 Å². The Morgan fingerprint density at radius 2 is 1.93 bits per heavy atom. The van der Waals surface area contributed by atoms with E-state index in [4.69, 9.17) is 0 Å². The number of halogens is 1. The highest BCUT2D eigenvalue weighted by Crippen LogP contribution is 2.20. The predicted octanol–water partition coefficient (Wildman–Crippen LogP) is 2.95. The van der Waals surface area contributed by atoms with E-state index in [1.165, 1.54) is 5.56 Å². The monoisotopic (exact) mass is 393 g/mol. The highest BCUT2D eigenvalue weighted by molar-refractivity contribution is 5.94. The first-order chi connectivity index (χ1) is 12.5. The van der Waals surface area contributed by atoms with Gasteiger partial charge in [0.25, 0.3) is 5.91 Å². The molecule has 2 saturated heterocycles. The molecule has 150 valence electrons. The second-order valence-corrected chi connectivity index (χ2v) is 7.93. The lowest BCUT2D eigenvalue weighted by Gasteiger charge is -2.33. The van der Waals surface area contributed by atoms with Crippen LogP contribution in [0.5, 0.6) is 0 Å². The molecule has 0 aliphatic carbocycles. The van der Waals surface area contributed by atoms with Gasteiger partial charge in [-0.2, -0.15) is 0 Å². The summed E-state index contributed by atoms with van der Waals surface area (Å²) in [5.74, 6) is 1.02. The maximum absolute atomic E-state index is 12.8. The van der Waals surface area contributed by atoms with Crippen LogP contribution in [-0.2, 0) is 4.79 Å². The molecule has 2 atom stereocenters. The molecule has 2 aliphatic heterocycles. The summed E-state index contributed by atoms with van der Waals surface area (Å²) in [6.07, 6.45) is 4.05. The van der Waals surface area contributed by atoms with E-state index in [9.17, 15) is 9.59 Å². The SMILES string of the molecule is CC(C)c1ccc(C(=O)N2CCCC(CNC(=O)C3CCCN3)C2)cc1.Cl. The quantitative estimate of drug-likeness (QED) is 0.808. The number of rotatable bonds is 5. The van der Waals surface area contributed by atoms with Crippen molar-refractivity contribution in [3.05, 3.63) is 35.4 Å². The molecule has 0 aromatic heterocycles. The molecule has 2 aliphatic rings. The summed E-state index contributed by atoms with van der Waals surface area (Å²) in [6, 6.07) is 7.95. The molecular formula is C21H32ClN3O2. The van der Waals surface area contributed by atoms with Crippen LogP contribution in [0.15, 0.2) is 24.3 Å². The fourth-order valence-electron chi connectivity index (χ4n) is 3.89. The van der Waals surface area contributed by atoms with E-state index in [1.807, 2.05) is 29.2 Å². The first kappa shape index (κ1) is 21.7. The largest absolute Gasteiger partial charge is 0.354 e. The van der Waals surface area contributed by atoms with Crippen molar-refractivity contribution in [3.63, 3.8) is 0 Å². The van der Waals surface area contributed by atoms with Crippen LogP contribution in [0.2, 0.25) is 0 Å². The van der Waals surface area contributed by atoms with Crippen molar-refractivity contribution in [3.8, 4) is 0 Å². The molecular weight excluding hydrogens is 362 g/mol. The zero-order valence-corrected chi connectivity index (χ0v) is 17.2. The Bertz CT molecular complexity index is 627. The Labute approximate surface area is 168 Å². The number of nitrogens with zero attached hydrogens (tertiary/aromatic N) is 1. The normalized spacial score (nSPS) is 22.4. The molecule has 2 unspecified atom stereocenters. The second kappa shape index (κ2) is 10.1. The highest BCUT2D eigenvalue weighted by Gasteiger charge is 2.26. The summed E-state index contributed by atoms with van der Waals surface area (Å²) >= 11 is 0. The van der Waals surface area contributed by atoms with Gasteiger partial charge < -0.3 is 15.5 Å². The minimum atomic E-state index is -0.0317. The number of likely N-dealkylation sites (tertiary alicyclic amines) is 1.